The molecule has 2 fully saturated rings. The van der Waals surface area contributed by atoms with Crippen molar-refractivity contribution in [2.75, 3.05) is 39.2 Å². The first-order valence-electron chi connectivity index (χ1n) is 13.4. The fourth-order valence-corrected chi connectivity index (χ4v) is 5.32. The third-order valence-corrected chi connectivity index (χ3v) is 7.92. The second kappa shape index (κ2) is 11.6. The van der Waals surface area contributed by atoms with Gasteiger partial charge in [-0.15, -0.1) is 0 Å². The molecule has 0 saturated heterocycles. The number of nitrogens with zero attached hydrogens (tertiary/aromatic N) is 2. The molecule has 8 nitrogen and oxygen atoms in total. The Hall–Kier alpha value is -2.61. The number of hydrogen-bond donors (Lipinski definition) is 1. The number of likely N-dealkylation sites (N-methyl/N-ethyl adjacent to an activating group) is 1. The summed E-state index contributed by atoms with van der Waals surface area (Å²) in [5.41, 5.74) is 1.05. The molecule has 0 unspecified atom stereocenters. The minimum atomic E-state index is -0.212. The number of amides is 3. The third kappa shape index (κ3) is 6.38. The second-order valence-electron chi connectivity index (χ2n) is 11.0. The monoisotopic (exact) mass is 499 g/mol. The summed E-state index contributed by atoms with van der Waals surface area (Å²) >= 11 is 0. The van der Waals surface area contributed by atoms with Crippen LogP contribution in [0.3, 0.4) is 0 Å². The lowest BCUT2D eigenvalue weighted by Crippen LogP contribution is -2.48. The fraction of sp³-hybridized carbons (Fsp3) is 0.679. The molecule has 1 aromatic carbocycles. The number of nitrogens with one attached hydrogen (secondary N) is 1. The Bertz CT molecular complexity index is 957. The van der Waals surface area contributed by atoms with Crippen molar-refractivity contribution in [3.63, 3.8) is 0 Å². The molecular weight excluding hydrogens is 458 g/mol. The van der Waals surface area contributed by atoms with Crippen LogP contribution in [-0.2, 0) is 14.3 Å². The lowest BCUT2D eigenvalue weighted by molar-refractivity contribution is -0.135. The maximum Gasteiger partial charge on any atom is 0.257 e. The van der Waals surface area contributed by atoms with E-state index in [4.69, 9.17) is 9.47 Å². The van der Waals surface area contributed by atoms with E-state index in [0.29, 0.717) is 42.4 Å². The molecule has 1 heterocycles. The Kier molecular flexibility index (Phi) is 8.54. The molecule has 0 spiro atoms. The average molecular weight is 500 g/mol. The lowest BCUT2D eigenvalue weighted by Gasteiger charge is -2.36. The zero-order chi connectivity index (χ0) is 25.8. The molecule has 2 aliphatic carbocycles. The number of methoxy groups -OCH3 is 1. The molecule has 36 heavy (non-hydrogen) atoms. The molecule has 3 atom stereocenters. The molecule has 198 valence electrons. The molecule has 2 saturated carbocycles. The Morgan fingerprint density at radius 1 is 1.11 bits per heavy atom. The van der Waals surface area contributed by atoms with Crippen LogP contribution in [0.25, 0.3) is 0 Å². The number of rotatable bonds is 5. The van der Waals surface area contributed by atoms with Crippen LogP contribution in [0.2, 0.25) is 0 Å². The minimum Gasteiger partial charge on any atom is -0.491 e. The van der Waals surface area contributed by atoms with Crippen LogP contribution >= 0.6 is 0 Å². The molecule has 0 aromatic heterocycles. The average Bonchev–Trinajstić information content (AvgIpc) is 3.49. The number of anilines is 1. The molecule has 0 radical (unpaired) electrons. The first-order chi connectivity index (χ1) is 17.3. The number of carbonyl (C=O) groups excluding carboxylic acids is 3. The van der Waals surface area contributed by atoms with Crippen molar-refractivity contribution in [2.45, 2.75) is 70.9 Å². The van der Waals surface area contributed by atoms with E-state index in [9.17, 15) is 14.4 Å². The largest absolute Gasteiger partial charge is 0.491 e. The number of ether oxygens (including phenoxy) is 2. The van der Waals surface area contributed by atoms with Gasteiger partial charge in [-0.2, -0.15) is 0 Å². The van der Waals surface area contributed by atoms with E-state index in [1.54, 1.807) is 37.3 Å². The van der Waals surface area contributed by atoms with Gasteiger partial charge in [0.05, 0.1) is 17.7 Å². The van der Waals surface area contributed by atoms with Crippen LogP contribution in [0.4, 0.5) is 5.69 Å². The maximum absolute atomic E-state index is 13.4. The number of benzene rings is 1. The van der Waals surface area contributed by atoms with Crippen molar-refractivity contribution < 1.29 is 23.9 Å². The standard InChI is InChI=1S/C28H41N3O5/c1-18-15-31(26(32)13-20-9-10-20)19(2)17-36-24-14-22(29-27(33)21-7-5-6-8-21)11-12-23(24)28(34)30(3)16-25(18)35-4/h11-12,14,18-21,25H,5-10,13,15-17H2,1-4H3,(H,29,33)/t18-,19+,25+/m1/s1. The van der Waals surface area contributed by atoms with Crippen LogP contribution in [0.5, 0.6) is 5.75 Å². The summed E-state index contributed by atoms with van der Waals surface area (Å²) in [6.45, 7) is 5.25. The number of hydrogen-bond acceptors (Lipinski definition) is 5. The zero-order valence-electron chi connectivity index (χ0n) is 22.1. The van der Waals surface area contributed by atoms with Gasteiger partial charge in [-0.25, -0.2) is 0 Å². The van der Waals surface area contributed by atoms with E-state index in [2.05, 4.69) is 12.2 Å². The number of fused-ring (bicyclic) bond motifs is 1. The van der Waals surface area contributed by atoms with Gasteiger partial charge >= 0.3 is 0 Å². The van der Waals surface area contributed by atoms with E-state index in [1.807, 2.05) is 11.8 Å². The smallest absolute Gasteiger partial charge is 0.257 e. The van der Waals surface area contributed by atoms with Crippen molar-refractivity contribution in [1.29, 1.82) is 0 Å². The highest BCUT2D eigenvalue weighted by Gasteiger charge is 2.33. The molecule has 0 bridgehead atoms. The summed E-state index contributed by atoms with van der Waals surface area (Å²) < 4.78 is 12.0. The Labute approximate surface area is 214 Å². The number of carbonyl (C=O) groups is 3. The Morgan fingerprint density at radius 2 is 1.83 bits per heavy atom. The highest BCUT2D eigenvalue weighted by atomic mass is 16.5. The van der Waals surface area contributed by atoms with E-state index < -0.39 is 0 Å². The summed E-state index contributed by atoms with van der Waals surface area (Å²) in [7, 11) is 3.41. The quantitative estimate of drug-likeness (QED) is 0.663. The first kappa shape index (κ1) is 26.5. The van der Waals surface area contributed by atoms with Gasteiger partial charge in [0.1, 0.15) is 12.4 Å². The van der Waals surface area contributed by atoms with Crippen molar-refractivity contribution in [1.82, 2.24) is 9.80 Å². The van der Waals surface area contributed by atoms with Gasteiger partial charge in [0, 0.05) is 57.3 Å². The lowest BCUT2D eigenvalue weighted by atomic mass is 10.0. The van der Waals surface area contributed by atoms with E-state index in [1.165, 1.54) is 0 Å². The van der Waals surface area contributed by atoms with E-state index >= 15 is 0 Å². The maximum atomic E-state index is 13.4. The molecule has 3 aliphatic rings. The molecule has 1 N–H and O–H groups in total. The third-order valence-electron chi connectivity index (χ3n) is 7.92. The highest BCUT2D eigenvalue weighted by molar-refractivity contribution is 5.98. The predicted octanol–water partition coefficient (Wildman–Crippen LogP) is 3.95. The summed E-state index contributed by atoms with van der Waals surface area (Å²) in [6.07, 6.45) is 6.60. The molecule has 1 aromatic rings. The SMILES string of the molecule is CO[C@H]1CN(C)C(=O)c2ccc(NC(=O)C3CCCC3)cc2OC[C@H](C)N(C(=O)CC2CC2)C[C@H]1C. The highest BCUT2D eigenvalue weighted by Crippen LogP contribution is 2.34. The summed E-state index contributed by atoms with van der Waals surface area (Å²) in [5, 5.41) is 3.01. The predicted molar refractivity (Wildman–Crippen MR) is 138 cm³/mol. The fourth-order valence-electron chi connectivity index (χ4n) is 5.32. The zero-order valence-corrected chi connectivity index (χ0v) is 22.1. The molecule has 4 rings (SSSR count). The second-order valence-corrected chi connectivity index (χ2v) is 11.0. The van der Waals surface area contributed by atoms with Gasteiger partial charge in [-0.3, -0.25) is 14.4 Å². The van der Waals surface area contributed by atoms with E-state index in [0.717, 1.165) is 38.5 Å². The van der Waals surface area contributed by atoms with Crippen LogP contribution in [0.15, 0.2) is 18.2 Å². The molecule has 8 heteroatoms. The van der Waals surface area contributed by atoms with Crippen molar-refractivity contribution >= 4 is 23.4 Å². The van der Waals surface area contributed by atoms with Crippen LogP contribution in [0, 0.1) is 17.8 Å². The minimum absolute atomic E-state index is 0.0196. The normalized spacial score (nSPS) is 26.0. The van der Waals surface area contributed by atoms with Crippen molar-refractivity contribution in [2.24, 2.45) is 17.8 Å². The van der Waals surface area contributed by atoms with Gasteiger partial charge in [0.25, 0.3) is 5.91 Å². The summed E-state index contributed by atoms with van der Waals surface area (Å²) in [6, 6.07) is 5.04. The van der Waals surface area contributed by atoms with Gasteiger partial charge < -0.3 is 24.6 Å². The molecule has 1 aliphatic heterocycles. The molecular formula is C28H41N3O5. The topological polar surface area (TPSA) is 88.2 Å². The summed E-state index contributed by atoms with van der Waals surface area (Å²) in [5.74, 6) is 1.00. The van der Waals surface area contributed by atoms with Gasteiger partial charge in [-0.05, 0) is 50.7 Å². The Morgan fingerprint density at radius 3 is 2.50 bits per heavy atom. The van der Waals surface area contributed by atoms with Crippen LogP contribution in [0.1, 0.15) is 69.2 Å². The van der Waals surface area contributed by atoms with Gasteiger partial charge in [-0.1, -0.05) is 19.8 Å². The van der Waals surface area contributed by atoms with Crippen LogP contribution in [-0.4, -0.2) is 73.5 Å². The van der Waals surface area contributed by atoms with Crippen molar-refractivity contribution in [3.8, 4) is 5.75 Å². The first-order valence-corrected chi connectivity index (χ1v) is 13.4. The van der Waals surface area contributed by atoms with E-state index in [-0.39, 0.29) is 48.3 Å². The summed E-state index contributed by atoms with van der Waals surface area (Å²) in [4.78, 5) is 42.8. The van der Waals surface area contributed by atoms with Crippen LogP contribution < -0.4 is 10.1 Å². The van der Waals surface area contributed by atoms with Crippen molar-refractivity contribution in [3.05, 3.63) is 23.8 Å². The van der Waals surface area contributed by atoms with Gasteiger partial charge in [0.2, 0.25) is 11.8 Å². The van der Waals surface area contributed by atoms with Gasteiger partial charge in [0.15, 0.2) is 0 Å². The Balaban J connectivity index is 1.59. The molecule has 3 amide bonds.